The Kier molecular flexibility index (Phi) is 4.91. The first-order valence-corrected chi connectivity index (χ1v) is 6.94. The molecule has 0 aromatic heterocycles. The molecule has 0 amide bonds. The van der Waals surface area contributed by atoms with Gasteiger partial charge < -0.3 is 0 Å². The van der Waals surface area contributed by atoms with Gasteiger partial charge in [-0.05, 0) is 34.1 Å². The minimum Gasteiger partial charge on any atom is -0.207 e. The van der Waals surface area contributed by atoms with Crippen LogP contribution < -0.4 is 4.72 Å². The fourth-order valence-electron chi connectivity index (χ4n) is 1.04. The zero-order valence-corrected chi connectivity index (χ0v) is 11.4. The highest BCUT2D eigenvalue weighted by molar-refractivity contribution is 9.10. The van der Waals surface area contributed by atoms with E-state index in [0.717, 1.165) is 18.2 Å². The molecular formula is C9H7BrF5NO2S. The van der Waals surface area contributed by atoms with Crippen LogP contribution in [0.5, 0.6) is 0 Å². The third-order valence-corrected chi connectivity index (χ3v) is 4.38. The van der Waals surface area contributed by atoms with Crippen LogP contribution in [0.1, 0.15) is 0 Å². The molecule has 0 bridgehead atoms. The summed E-state index contributed by atoms with van der Waals surface area (Å²) in [7, 11) is -4.45. The zero-order valence-electron chi connectivity index (χ0n) is 9.01. The van der Waals surface area contributed by atoms with E-state index >= 15 is 0 Å². The van der Waals surface area contributed by atoms with E-state index in [2.05, 4.69) is 15.9 Å². The molecule has 0 heterocycles. The maximum atomic E-state index is 12.8. The summed E-state index contributed by atoms with van der Waals surface area (Å²) >= 11 is 2.74. The van der Waals surface area contributed by atoms with Crippen LogP contribution >= 0.6 is 15.9 Å². The molecule has 0 fully saturated rings. The number of alkyl halides is 4. The van der Waals surface area contributed by atoms with Crippen LogP contribution in [0.25, 0.3) is 0 Å². The first kappa shape index (κ1) is 16.3. The molecule has 0 saturated heterocycles. The Balaban J connectivity index is 2.94. The number of hydrogen-bond acceptors (Lipinski definition) is 2. The largest absolute Gasteiger partial charge is 0.320 e. The fourth-order valence-corrected chi connectivity index (χ4v) is 3.13. The van der Waals surface area contributed by atoms with Crippen LogP contribution in [0.3, 0.4) is 0 Å². The third-order valence-electron chi connectivity index (χ3n) is 2.00. The summed E-state index contributed by atoms with van der Waals surface area (Å²) in [5, 5.41) is 0. The standard InChI is InChI=1S/C9H7BrF5NO2S/c10-6-3-5(11)1-2-7(6)19(17,18)16-4-9(14,15)8(12)13/h1-3,8,16H,4H2. The Morgan fingerprint density at radius 3 is 2.37 bits per heavy atom. The lowest BCUT2D eigenvalue weighted by molar-refractivity contribution is -0.122. The van der Waals surface area contributed by atoms with Gasteiger partial charge in [-0.25, -0.2) is 26.3 Å². The monoisotopic (exact) mass is 367 g/mol. The smallest absolute Gasteiger partial charge is 0.207 e. The second-order valence-corrected chi connectivity index (χ2v) is 6.05. The van der Waals surface area contributed by atoms with Crippen LogP contribution in [0.4, 0.5) is 22.0 Å². The first-order valence-electron chi connectivity index (χ1n) is 4.67. The highest BCUT2D eigenvalue weighted by Gasteiger charge is 2.41. The molecule has 0 saturated carbocycles. The Morgan fingerprint density at radius 1 is 1.32 bits per heavy atom. The summed E-state index contributed by atoms with van der Waals surface area (Å²) in [4.78, 5) is -0.529. The van der Waals surface area contributed by atoms with Gasteiger partial charge in [-0.15, -0.1) is 0 Å². The van der Waals surface area contributed by atoms with E-state index in [1.54, 1.807) is 0 Å². The quantitative estimate of drug-likeness (QED) is 0.813. The predicted molar refractivity (Wildman–Crippen MR) is 60.2 cm³/mol. The van der Waals surface area contributed by atoms with Crippen LogP contribution in [0, 0.1) is 5.82 Å². The van der Waals surface area contributed by atoms with Gasteiger partial charge in [0.15, 0.2) is 0 Å². The van der Waals surface area contributed by atoms with Crippen molar-refractivity contribution in [2.45, 2.75) is 17.2 Å². The van der Waals surface area contributed by atoms with Gasteiger partial charge in [0.05, 0.1) is 11.4 Å². The van der Waals surface area contributed by atoms with Gasteiger partial charge >= 0.3 is 12.3 Å². The molecule has 19 heavy (non-hydrogen) atoms. The van der Waals surface area contributed by atoms with E-state index in [1.165, 1.54) is 4.72 Å². The minimum atomic E-state index is -4.49. The van der Waals surface area contributed by atoms with E-state index in [1.807, 2.05) is 0 Å². The number of halogens is 6. The molecule has 3 nitrogen and oxygen atoms in total. The number of sulfonamides is 1. The average molecular weight is 368 g/mol. The molecule has 1 N–H and O–H groups in total. The molecule has 0 radical (unpaired) electrons. The molecule has 1 aromatic carbocycles. The summed E-state index contributed by atoms with van der Waals surface area (Å²) in [6.45, 7) is -1.75. The van der Waals surface area contributed by atoms with Crippen molar-refractivity contribution in [3.63, 3.8) is 0 Å². The van der Waals surface area contributed by atoms with Crippen LogP contribution in [0.15, 0.2) is 27.6 Å². The number of rotatable bonds is 5. The summed E-state index contributed by atoms with van der Waals surface area (Å²) in [5.41, 5.74) is 0. The molecule has 10 heteroatoms. The molecule has 0 atom stereocenters. The summed E-state index contributed by atoms with van der Waals surface area (Å²) in [6, 6.07) is 2.42. The van der Waals surface area contributed by atoms with E-state index in [0.29, 0.717) is 0 Å². The SMILES string of the molecule is O=S(=O)(NCC(F)(F)C(F)F)c1ccc(F)cc1Br. The second-order valence-electron chi connectivity index (χ2n) is 3.46. The van der Waals surface area contributed by atoms with Crippen molar-refractivity contribution < 1.29 is 30.4 Å². The van der Waals surface area contributed by atoms with Crippen molar-refractivity contribution in [1.29, 1.82) is 0 Å². The maximum Gasteiger partial charge on any atom is 0.320 e. The van der Waals surface area contributed by atoms with Crippen LogP contribution in [-0.2, 0) is 10.0 Å². The van der Waals surface area contributed by atoms with E-state index in [-0.39, 0.29) is 4.47 Å². The molecule has 0 spiro atoms. The van der Waals surface area contributed by atoms with Gasteiger partial charge in [-0.2, -0.15) is 8.78 Å². The molecule has 0 aliphatic heterocycles. The second kappa shape index (κ2) is 5.71. The number of nitrogens with one attached hydrogen (secondary N) is 1. The van der Waals surface area contributed by atoms with Gasteiger partial charge in [-0.3, -0.25) is 0 Å². The number of benzene rings is 1. The third kappa shape index (κ3) is 4.11. The lowest BCUT2D eigenvalue weighted by Gasteiger charge is -2.16. The highest BCUT2D eigenvalue weighted by atomic mass is 79.9. The van der Waals surface area contributed by atoms with Gasteiger partial charge in [0, 0.05) is 4.47 Å². The van der Waals surface area contributed by atoms with Crippen molar-refractivity contribution in [3.05, 3.63) is 28.5 Å². The van der Waals surface area contributed by atoms with Gasteiger partial charge in [-0.1, -0.05) is 0 Å². The molecule has 1 rings (SSSR count). The Morgan fingerprint density at radius 2 is 1.89 bits per heavy atom. The summed E-state index contributed by atoms with van der Waals surface area (Å²) in [5.74, 6) is -5.23. The van der Waals surface area contributed by atoms with Crippen molar-refractivity contribution in [3.8, 4) is 0 Å². The van der Waals surface area contributed by atoms with Crippen LogP contribution in [0.2, 0.25) is 0 Å². The zero-order chi connectivity index (χ0) is 14.8. The molecule has 0 aliphatic rings. The number of hydrogen-bond donors (Lipinski definition) is 1. The lowest BCUT2D eigenvalue weighted by Crippen LogP contribution is -2.41. The van der Waals surface area contributed by atoms with Crippen LogP contribution in [-0.4, -0.2) is 27.3 Å². The van der Waals surface area contributed by atoms with E-state index < -0.39 is 39.6 Å². The van der Waals surface area contributed by atoms with Crippen molar-refractivity contribution in [2.75, 3.05) is 6.54 Å². The van der Waals surface area contributed by atoms with Gasteiger partial charge in [0.25, 0.3) is 0 Å². The van der Waals surface area contributed by atoms with E-state index in [4.69, 9.17) is 0 Å². The Bertz CT molecular complexity index is 564. The fraction of sp³-hybridized carbons (Fsp3) is 0.333. The summed E-state index contributed by atoms with van der Waals surface area (Å²) in [6.07, 6.45) is -3.99. The maximum absolute atomic E-state index is 12.8. The topological polar surface area (TPSA) is 46.2 Å². The molecular weight excluding hydrogens is 361 g/mol. The predicted octanol–water partition coefficient (Wildman–Crippen LogP) is 2.77. The molecule has 108 valence electrons. The summed E-state index contributed by atoms with van der Waals surface area (Å²) < 4.78 is 86.0. The Hall–Kier alpha value is -0.740. The van der Waals surface area contributed by atoms with Crippen molar-refractivity contribution >= 4 is 26.0 Å². The first-order chi connectivity index (χ1) is 8.56. The Labute approximate surface area is 114 Å². The highest BCUT2D eigenvalue weighted by Crippen LogP contribution is 2.25. The van der Waals surface area contributed by atoms with Crippen molar-refractivity contribution in [2.24, 2.45) is 0 Å². The molecule has 1 aromatic rings. The minimum absolute atomic E-state index is 0.208. The lowest BCUT2D eigenvalue weighted by atomic mass is 10.3. The van der Waals surface area contributed by atoms with E-state index in [9.17, 15) is 30.4 Å². The van der Waals surface area contributed by atoms with Gasteiger partial charge in [0.1, 0.15) is 5.82 Å². The molecule has 0 unspecified atom stereocenters. The van der Waals surface area contributed by atoms with Gasteiger partial charge in [0.2, 0.25) is 10.0 Å². The normalized spacial score (nSPS) is 13.0. The van der Waals surface area contributed by atoms with Crippen molar-refractivity contribution in [1.82, 2.24) is 4.72 Å². The average Bonchev–Trinajstić information content (AvgIpc) is 2.26. The molecule has 0 aliphatic carbocycles.